The first-order chi connectivity index (χ1) is 6.91. The van der Waals surface area contributed by atoms with Crippen molar-refractivity contribution in [3.63, 3.8) is 0 Å². The molecular weight excluding hydrogens is 202 g/mol. The lowest BCUT2D eigenvalue weighted by Gasteiger charge is -2.01. The van der Waals surface area contributed by atoms with E-state index in [0.29, 0.717) is 0 Å². The van der Waals surface area contributed by atoms with Crippen molar-refractivity contribution in [2.75, 3.05) is 0 Å². The molecule has 1 aromatic carbocycles. The van der Waals surface area contributed by atoms with E-state index in [-0.39, 0.29) is 16.7 Å². The highest BCUT2D eigenvalue weighted by Gasteiger charge is 2.13. The number of rotatable bonds is 3. The lowest BCUT2D eigenvalue weighted by atomic mass is 10.1. The number of carboxylic acid groups (broad SMARTS) is 2. The molecule has 0 aliphatic carbocycles. The third-order valence-corrected chi connectivity index (χ3v) is 1.71. The quantitative estimate of drug-likeness (QED) is 0.656. The summed E-state index contributed by atoms with van der Waals surface area (Å²) in [5.74, 6) is -3.51. The predicted octanol–water partition coefficient (Wildman–Crippen LogP) is 0.182. The summed E-state index contributed by atoms with van der Waals surface area (Å²) < 4.78 is 0. The highest BCUT2D eigenvalue weighted by Crippen LogP contribution is 2.10. The van der Waals surface area contributed by atoms with Gasteiger partial charge in [-0.15, -0.1) is 0 Å². The van der Waals surface area contributed by atoms with E-state index < -0.39 is 17.8 Å². The van der Waals surface area contributed by atoms with Crippen molar-refractivity contribution < 1.29 is 24.6 Å². The summed E-state index contributed by atoms with van der Waals surface area (Å²) in [5.41, 5.74) is 4.20. The Kier molecular flexibility index (Phi) is 2.70. The minimum absolute atomic E-state index is 0.146. The molecule has 0 aliphatic rings. The third kappa shape index (κ3) is 2.31. The Morgan fingerprint density at radius 2 is 1.20 bits per heavy atom. The van der Waals surface area contributed by atoms with E-state index in [1.165, 1.54) is 0 Å². The number of amides is 1. The summed E-state index contributed by atoms with van der Waals surface area (Å²) >= 11 is 0. The molecule has 6 heteroatoms. The Bertz CT molecular complexity index is 373. The van der Waals surface area contributed by atoms with Gasteiger partial charge in [0.15, 0.2) is 0 Å². The van der Waals surface area contributed by atoms with Crippen LogP contribution in [0.1, 0.15) is 31.1 Å². The lowest BCUT2D eigenvalue weighted by Crippen LogP contribution is -2.14. The molecule has 0 atom stereocenters. The first-order valence-electron chi connectivity index (χ1n) is 3.83. The smallest absolute Gasteiger partial charge is 0.335 e. The molecule has 1 aromatic rings. The molecule has 0 bridgehead atoms. The van der Waals surface area contributed by atoms with Crippen LogP contribution in [0.4, 0.5) is 0 Å². The first kappa shape index (κ1) is 10.7. The van der Waals surface area contributed by atoms with Gasteiger partial charge in [0.1, 0.15) is 0 Å². The fraction of sp³-hybridized carbons (Fsp3) is 0. The summed E-state index contributed by atoms with van der Waals surface area (Å²) in [6.07, 6.45) is 0. The van der Waals surface area contributed by atoms with Crippen LogP contribution in [0.25, 0.3) is 0 Å². The number of benzene rings is 1. The second-order valence-corrected chi connectivity index (χ2v) is 2.77. The van der Waals surface area contributed by atoms with Gasteiger partial charge in [0.25, 0.3) is 0 Å². The number of carbonyl (C=O) groups excluding carboxylic acids is 1. The normalized spacial score (nSPS) is 9.60. The van der Waals surface area contributed by atoms with Crippen molar-refractivity contribution in [1.29, 1.82) is 0 Å². The van der Waals surface area contributed by atoms with Crippen molar-refractivity contribution in [3.8, 4) is 0 Å². The largest absolute Gasteiger partial charge is 0.478 e. The van der Waals surface area contributed by atoms with Gasteiger partial charge in [0.05, 0.1) is 11.1 Å². The number of carbonyl (C=O) groups is 3. The summed E-state index contributed by atoms with van der Waals surface area (Å²) in [7, 11) is 0. The molecule has 0 fully saturated rings. The summed E-state index contributed by atoms with van der Waals surface area (Å²) in [4.78, 5) is 32.0. The second kappa shape index (κ2) is 3.79. The number of aromatic carboxylic acids is 2. The Balaban J connectivity index is 3.39. The maximum absolute atomic E-state index is 10.8. The number of nitrogens with two attached hydrogens (primary N) is 1. The van der Waals surface area contributed by atoms with Gasteiger partial charge in [-0.05, 0) is 18.2 Å². The molecule has 0 saturated carbocycles. The molecule has 0 aromatic heterocycles. The van der Waals surface area contributed by atoms with E-state index in [9.17, 15) is 14.4 Å². The zero-order valence-corrected chi connectivity index (χ0v) is 7.43. The fourth-order valence-corrected chi connectivity index (χ4v) is 1.02. The molecule has 0 radical (unpaired) electrons. The fourth-order valence-electron chi connectivity index (χ4n) is 1.02. The van der Waals surface area contributed by atoms with Gasteiger partial charge in [-0.2, -0.15) is 0 Å². The number of carboxylic acids is 2. The van der Waals surface area contributed by atoms with E-state index in [2.05, 4.69) is 0 Å². The molecule has 0 heterocycles. The van der Waals surface area contributed by atoms with Gasteiger partial charge in [-0.25, -0.2) is 9.59 Å². The molecular formula is C9H7NO5. The highest BCUT2D eigenvalue weighted by molar-refractivity contribution is 6.00. The van der Waals surface area contributed by atoms with Crippen LogP contribution in [0.15, 0.2) is 18.2 Å². The Morgan fingerprint density at radius 3 is 1.47 bits per heavy atom. The van der Waals surface area contributed by atoms with E-state index in [0.717, 1.165) is 18.2 Å². The van der Waals surface area contributed by atoms with Crippen molar-refractivity contribution >= 4 is 17.8 Å². The topological polar surface area (TPSA) is 118 Å². The maximum Gasteiger partial charge on any atom is 0.335 e. The SMILES string of the molecule is NC(=O)c1cc(C(=O)O)cc(C(=O)O)c1. The molecule has 0 aliphatic heterocycles. The molecule has 1 rings (SSSR count). The second-order valence-electron chi connectivity index (χ2n) is 2.77. The Morgan fingerprint density at radius 1 is 0.867 bits per heavy atom. The van der Waals surface area contributed by atoms with Crippen molar-refractivity contribution in [2.45, 2.75) is 0 Å². The van der Waals surface area contributed by atoms with Gasteiger partial charge in [-0.1, -0.05) is 0 Å². The zero-order valence-electron chi connectivity index (χ0n) is 7.43. The molecule has 0 saturated heterocycles. The lowest BCUT2D eigenvalue weighted by molar-refractivity contribution is 0.0696. The van der Waals surface area contributed by atoms with Crippen LogP contribution in [-0.2, 0) is 0 Å². The van der Waals surface area contributed by atoms with E-state index >= 15 is 0 Å². The third-order valence-electron chi connectivity index (χ3n) is 1.71. The molecule has 6 nitrogen and oxygen atoms in total. The number of hydrogen-bond acceptors (Lipinski definition) is 3. The van der Waals surface area contributed by atoms with Gasteiger partial charge >= 0.3 is 11.9 Å². The van der Waals surface area contributed by atoms with E-state index in [4.69, 9.17) is 15.9 Å². The van der Waals surface area contributed by atoms with Gasteiger partial charge in [0, 0.05) is 5.56 Å². The van der Waals surface area contributed by atoms with Crippen LogP contribution in [0, 0.1) is 0 Å². The highest BCUT2D eigenvalue weighted by atomic mass is 16.4. The molecule has 15 heavy (non-hydrogen) atoms. The molecule has 0 spiro atoms. The number of primary amides is 1. The van der Waals surface area contributed by atoms with Crippen LogP contribution < -0.4 is 5.73 Å². The van der Waals surface area contributed by atoms with Gasteiger partial charge < -0.3 is 15.9 Å². The van der Waals surface area contributed by atoms with E-state index in [1.54, 1.807) is 0 Å². The van der Waals surface area contributed by atoms with Crippen LogP contribution >= 0.6 is 0 Å². The minimum atomic E-state index is -1.32. The Hall–Kier alpha value is -2.37. The summed E-state index contributed by atoms with van der Waals surface area (Å²) in [5, 5.41) is 17.3. The standard InChI is InChI=1S/C9H7NO5/c10-7(11)4-1-5(8(12)13)3-6(2-4)9(14)15/h1-3H,(H2,10,11)(H,12,13)(H,14,15). The maximum atomic E-state index is 10.8. The van der Waals surface area contributed by atoms with Crippen LogP contribution in [-0.4, -0.2) is 28.1 Å². The summed E-state index contributed by atoms with van der Waals surface area (Å²) in [6, 6.07) is 3.01. The number of hydrogen-bond donors (Lipinski definition) is 3. The predicted molar refractivity (Wildman–Crippen MR) is 48.9 cm³/mol. The molecule has 0 unspecified atom stereocenters. The molecule has 1 amide bonds. The summed E-state index contributed by atoms with van der Waals surface area (Å²) in [6.45, 7) is 0. The first-order valence-corrected chi connectivity index (χ1v) is 3.83. The van der Waals surface area contributed by atoms with Crippen molar-refractivity contribution in [2.24, 2.45) is 5.73 Å². The van der Waals surface area contributed by atoms with Crippen LogP contribution in [0.3, 0.4) is 0 Å². The minimum Gasteiger partial charge on any atom is -0.478 e. The zero-order chi connectivity index (χ0) is 11.6. The molecule has 78 valence electrons. The molecule has 4 N–H and O–H groups in total. The van der Waals surface area contributed by atoms with Crippen molar-refractivity contribution in [3.05, 3.63) is 34.9 Å². The average Bonchev–Trinajstić information content (AvgIpc) is 2.16. The van der Waals surface area contributed by atoms with E-state index in [1.807, 2.05) is 0 Å². The van der Waals surface area contributed by atoms with Gasteiger partial charge in [-0.3, -0.25) is 4.79 Å². The van der Waals surface area contributed by atoms with Crippen LogP contribution in [0.2, 0.25) is 0 Å². The van der Waals surface area contributed by atoms with Crippen molar-refractivity contribution in [1.82, 2.24) is 0 Å². The average molecular weight is 209 g/mol. The monoisotopic (exact) mass is 209 g/mol. The van der Waals surface area contributed by atoms with Crippen LogP contribution in [0.5, 0.6) is 0 Å². The van der Waals surface area contributed by atoms with Gasteiger partial charge in [0.2, 0.25) is 5.91 Å². The Labute approximate surface area is 83.9 Å².